The molecule has 1 aliphatic carbocycles. The third-order valence-corrected chi connectivity index (χ3v) is 8.80. The van der Waals surface area contributed by atoms with Gasteiger partial charge in [0.15, 0.2) is 0 Å². The molecule has 1 spiro atoms. The van der Waals surface area contributed by atoms with Crippen LogP contribution in [-0.4, -0.2) is 52.8 Å². The molecule has 5 rings (SSSR count). The zero-order chi connectivity index (χ0) is 24.3. The second-order valence-corrected chi connectivity index (χ2v) is 11.4. The first kappa shape index (κ1) is 29.9. The Hall–Kier alpha value is -1.67. The van der Waals surface area contributed by atoms with Crippen LogP contribution in [0.25, 0.3) is 0 Å². The van der Waals surface area contributed by atoms with Crippen LogP contribution in [0.1, 0.15) is 62.2 Å². The van der Waals surface area contributed by atoms with Crippen molar-refractivity contribution in [3.05, 3.63) is 64.4 Å². The summed E-state index contributed by atoms with van der Waals surface area (Å²) in [4.78, 5) is 35.1. The number of nitrogens with zero attached hydrogens (tertiary/aromatic N) is 3. The van der Waals surface area contributed by atoms with Crippen molar-refractivity contribution in [2.24, 2.45) is 11.3 Å². The molecule has 2 aromatic rings. The van der Waals surface area contributed by atoms with Gasteiger partial charge in [-0.2, -0.15) is 0 Å². The van der Waals surface area contributed by atoms with Gasteiger partial charge in [0, 0.05) is 36.2 Å². The van der Waals surface area contributed by atoms with Crippen LogP contribution >= 0.6 is 40.7 Å². The monoisotopic (exact) mass is 610 g/mol. The van der Waals surface area contributed by atoms with Crippen molar-refractivity contribution in [3.8, 4) is 0 Å². The highest BCUT2D eigenvalue weighted by molar-refractivity contribution is 9.10. The van der Waals surface area contributed by atoms with Gasteiger partial charge in [-0.05, 0) is 81.4 Å². The van der Waals surface area contributed by atoms with Crippen LogP contribution in [0.4, 0.5) is 0 Å². The van der Waals surface area contributed by atoms with Crippen molar-refractivity contribution in [3.63, 3.8) is 0 Å². The molecule has 3 heterocycles. The van der Waals surface area contributed by atoms with Crippen LogP contribution in [-0.2, 0) is 16.1 Å². The molecule has 2 aliphatic heterocycles. The van der Waals surface area contributed by atoms with E-state index in [1.54, 1.807) is 6.20 Å². The lowest BCUT2D eigenvalue weighted by Gasteiger charge is -2.38. The van der Waals surface area contributed by atoms with Crippen molar-refractivity contribution >= 4 is 52.6 Å². The molecule has 0 radical (unpaired) electrons. The van der Waals surface area contributed by atoms with E-state index < -0.39 is 0 Å². The Morgan fingerprint density at radius 1 is 1.05 bits per heavy atom. The van der Waals surface area contributed by atoms with E-state index >= 15 is 0 Å². The second kappa shape index (κ2) is 13.4. The summed E-state index contributed by atoms with van der Waals surface area (Å²) in [6.45, 7) is 4.32. The van der Waals surface area contributed by atoms with Gasteiger partial charge in [-0.15, -0.1) is 24.8 Å². The van der Waals surface area contributed by atoms with Gasteiger partial charge in [0.1, 0.15) is 0 Å². The standard InChI is InChI=1S/C28H35BrN4O2.2ClH/c29-23-9-7-21(8-10-23)20-33-19-14-28(27(33)35)12-17-32(18-13-28)16-11-25(24-6-1-2-15-30-24)31-26(34)22-4-3-5-22;;/h1-2,6-10,15,22,25H,3-5,11-14,16-20H2,(H,31,34);2*1H. The van der Waals surface area contributed by atoms with E-state index in [-0.39, 0.29) is 48.1 Å². The number of benzene rings is 1. The smallest absolute Gasteiger partial charge is 0.229 e. The highest BCUT2D eigenvalue weighted by Crippen LogP contribution is 2.42. The molecule has 0 bridgehead atoms. The third kappa shape index (κ3) is 7.05. The van der Waals surface area contributed by atoms with Gasteiger partial charge in [-0.3, -0.25) is 14.6 Å². The molecule has 3 fully saturated rings. The third-order valence-electron chi connectivity index (χ3n) is 8.27. The number of amides is 2. The molecule has 1 N–H and O–H groups in total. The number of hydrogen-bond acceptors (Lipinski definition) is 4. The summed E-state index contributed by atoms with van der Waals surface area (Å²) in [6, 6.07) is 14.1. The Morgan fingerprint density at radius 2 is 1.76 bits per heavy atom. The first-order valence-electron chi connectivity index (χ1n) is 13.0. The number of likely N-dealkylation sites (tertiary alicyclic amines) is 2. The summed E-state index contributed by atoms with van der Waals surface area (Å²) in [5.41, 5.74) is 1.92. The van der Waals surface area contributed by atoms with E-state index in [0.29, 0.717) is 12.5 Å². The number of aromatic nitrogens is 1. The van der Waals surface area contributed by atoms with Crippen molar-refractivity contribution in [2.45, 2.75) is 57.5 Å². The van der Waals surface area contributed by atoms with Gasteiger partial charge >= 0.3 is 0 Å². The van der Waals surface area contributed by atoms with Crippen LogP contribution in [0.2, 0.25) is 0 Å². The molecule has 1 aromatic carbocycles. The Labute approximate surface area is 240 Å². The van der Waals surface area contributed by atoms with E-state index in [0.717, 1.165) is 81.3 Å². The molecule has 202 valence electrons. The number of piperidine rings is 1. The normalized spacial score (nSPS) is 20.0. The summed E-state index contributed by atoms with van der Waals surface area (Å²) >= 11 is 3.48. The van der Waals surface area contributed by atoms with Crippen LogP contribution in [0.5, 0.6) is 0 Å². The predicted molar refractivity (Wildman–Crippen MR) is 154 cm³/mol. The summed E-state index contributed by atoms with van der Waals surface area (Å²) in [6.07, 6.45) is 8.60. The quantitative estimate of drug-likeness (QED) is 0.425. The maximum atomic E-state index is 13.4. The second-order valence-electron chi connectivity index (χ2n) is 10.5. The lowest BCUT2D eigenvalue weighted by Crippen LogP contribution is -2.45. The van der Waals surface area contributed by atoms with Crippen molar-refractivity contribution in [1.82, 2.24) is 20.1 Å². The lowest BCUT2D eigenvalue weighted by atomic mass is 9.77. The maximum Gasteiger partial charge on any atom is 0.229 e. The summed E-state index contributed by atoms with van der Waals surface area (Å²) in [7, 11) is 0. The Balaban J connectivity index is 0.00000190. The van der Waals surface area contributed by atoms with Crippen LogP contribution < -0.4 is 5.32 Å². The largest absolute Gasteiger partial charge is 0.347 e. The molecule has 1 saturated carbocycles. The maximum absolute atomic E-state index is 13.4. The number of carbonyl (C=O) groups is 2. The number of hydrogen-bond donors (Lipinski definition) is 1. The number of nitrogens with one attached hydrogen (secondary N) is 1. The molecule has 2 saturated heterocycles. The number of carbonyl (C=O) groups excluding carboxylic acids is 2. The van der Waals surface area contributed by atoms with Crippen molar-refractivity contribution in [1.29, 1.82) is 0 Å². The van der Waals surface area contributed by atoms with Gasteiger partial charge < -0.3 is 15.1 Å². The number of halogens is 3. The molecule has 3 aliphatic rings. The lowest BCUT2D eigenvalue weighted by molar-refractivity contribution is -0.139. The Morgan fingerprint density at radius 3 is 2.38 bits per heavy atom. The minimum absolute atomic E-state index is 0. The summed E-state index contributed by atoms with van der Waals surface area (Å²) in [5, 5.41) is 3.27. The molecular formula is C28H37BrCl2N4O2. The van der Waals surface area contributed by atoms with E-state index in [1.807, 2.05) is 35.2 Å². The minimum atomic E-state index is -0.190. The fourth-order valence-electron chi connectivity index (χ4n) is 5.67. The van der Waals surface area contributed by atoms with Gasteiger partial charge in [0.25, 0.3) is 0 Å². The predicted octanol–water partition coefficient (Wildman–Crippen LogP) is 5.55. The molecular weight excluding hydrogens is 575 g/mol. The van der Waals surface area contributed by atoms with Crippen LogP contribution in [0.3, 0.4) is 0 Å². The van der Waals surface area contributed by atoms with E-state index in [1.165, 1.54) is 5.56 Å². The highest BCUT2D eigenvalue weighted by atomic mass is 79.9. The van der Waals surface area contributed by atoms with Crippen LogP contribution in [0.15, 0.2) is 53.1 Å². The first-order chi connectivity index (χ1) is 17.0. The molecule has 37 heavy (non-hydrogen) atoms. The zero-order valence-electron chi connectivity index (χ0n) is 21.1. The van der Waals surface area contributed by atoms with E-state index in [4.69, 9.17) is 0 Å². The minimum Gasteiger partial charge on any atom is -0.347 e. The average molecular weight is 612 g/mol. The molecule has 1 aromatic heterocycles. The zero-order valence-corrected chi connectivity index (χ0v) is 24.3. The van der Waals surface area contributed by atoms with E-state index in [2.05, 4.69) is 43.3 Å². The molecule has 1 atom stereocenters. The van der Waals surface area contributed by atoms with Gasteiger partial charge in [-0.25, -0.2) is 0 Å². The number of pyridine rings is 1. The summed E-state index contributed by atoms with van der Waals surface area (Å²) < 4.78 is 1.06. The van der Waals surface area contributed by atoms with Crippen molar-refractivity contribution < 1.29 is 9.59 Å². The van der Waals surface area contributed by atoms with E-state index in [9.17, 15) is 9.59 Å². The number of rotatable bonds is 8. The molecule has 1 unspecified atom stereocenters. The van der Waals surface area contributed by atoms with Gasteiger partial charge in [0.05, 0.1) is 17.2 Å². The highest BCUT2D eigenvalue weighted by Gasteiger charge is 2.47. The Bertz CT molecular complexity index is 1030. The average Bonchev–Trinajstić information content (AvgIpc) is 3.13. The van der Waals surface area contributed by atoms with Crippen LogP contribution in [0, 0.1) is 11.3 Å². The Kier molecular flexibility index (Phi) is 10.8. The molecule has 2 amide bonds. The van der Waals surface area contributed by atoms with Gasteiger partial charge in [-0.1, -0.05) is 40.5 Å². The first-order valence-corrected chi connectivity index (χ1v) is 13.8. The summed E-state index contributed by atoms with van der Waals surface area (Å²) in [5.74, 6) is 0.677. The fraction of sp³-hybridized carbons (Fsp3) is 0.536. The van der Waals surface area contributed by atoms with Gasteiger partial charge in [0.2, 0.25) is 11.8 Å². The molecule has 9 heteroatoms. The SMILES string of the molecule is Cl.Cl.O=C(NC(CCN1CCC2(CC1)CCN(Cc1ccc(Br)cc1)C2=O)c1ccccn1)C1CCC1. The topological polar surface area (TPSA) is 65.5 Å². The van der Waals surface area contributed by atoms with Crippen molar-refractivity contribution in [2.75, 3.05) is 26.2 Å². The fourth-order valence-corrected chi connectivity index (χ4v) is 5.93. The molecule has 6 nitrogen and oxygen atoms in total.